The SMILES string of the molecule is CCc1cc2c(=O)n(/N=C\c3csc(-c4ccc(Cl)cc4)n3)cnc2s1. The molecule has 0 saturated carbocycles. The lowest BCUT2D eigenvalue weighted by atomic mass is 10.2. The summed E-state index contributed by atoms with van der Waals surface area (Å²) in [4.78, 5) is 23.3. The second-order valence-corrected chi connectivity index (χ2v) is 7.92. The summed E-state index contributed by atoms with van der Waals surface area (Å²) in [7, 11) is 0. The van der Waals surface area contributed by atoms with Crippen molar-refractivity contribution in [2.75, 3.05) is 0 Å². The molecule has 4 rings (SSSR count). The molecule has 0 atom stereocenters. The van der Waals surface area contributed by atoms with Crippen molar-refractivity contribution < 1.29 is 0 Å². The van der Waals surface area contributed by atoms with E-state index in [-0.39, 0.29) is 5.56 Å². The lowest BCUT2D eigenvalue weighted by molar-refractivity contribution is 0.818. The maximum absolute atomic E-state index is 12.5. The maximum atomic E-state index is 12.5. The minimum absolute atomic E-state index is 0.171. The van der Waals surface area contributed by atoms with Crippen LogP contribution >= 0.6 is 34.3 Å². The summed E-state index contributed by atoms with van der Waals surface area (Å²) in [5.74, 6) is 0. The van der Waals surface area contributed by atoms with Gasteiger partial charge in [-0.2, -0.15) is 9.78 Å². The molecule has 3 heterocycles. The summed E-state index contributed by atoms with van der Waals surface area (Å²) in [5, 5.41) is 8.28. The van der Waals surface area contributed by atoms with E-state index in [9.17, 15) is 4.79 Å². The normalized spacial score (nSPS) is 11.6. The van der Waals surface area contributed by atoms with Crippen LogP contribution in [0.1, 0.15) is 17.5 Å². The van der Waals surface area contributed by atoms with E-state index in [0.717, 1.165) is 26.7 Å². The highest BCUT2D eigenvalue weighted by atomic mass is 35.5. The van der Waals surface area contributed by atoms with Gasteiger partial charge in [-0.15, -0.1) is 22.7 Å². The van der Waals surface area contributed by atoms with Crippen molar-refractivity contribution in [1.82, 2.24) is 14.6 Å². The molecule has 8 heteroatoms. The third kappa shape index (κ3) is 3.33. The Hall–Kier alpha value is -2.35. The fourth-order valence-electron chi connectivity index (χ4n) is 2.41. The maximum Gasteiger partial charge on any atom is 0.282 e. The van der Waals surface area contributed by atoms with Crippen molar-refractivity contribution in [2.45, 2.75) is 13.3 Å². The van der Waals surface area contributed by atoms with E-state index in [1.165, 1.54) is 22.3 Å². The topological polar surface area (TPSA) is 60.1 Å². The van der Waals surface area contributed by atoms with Crippen molar-refractivity contribution in [2.24, 2.45) is 5.10 Å². The van der Waals surface area contributed by atoms with Gasteiger partial charge in [0.05, 0.1) is 17.3 Å². The molecule has 3 aromatic heterocycles. The van der Waals surface area contributed by atoms with Crippen molar-refractivity contribution >= 4 is 50.7 Å². The van der Waals surface area contributed by atoms with Gasteiger partial charge in [0.25, 0.3) is 5.56 Å². The predicted molar refractivity (Wildman–Crippen MR) is 109 cm³/mol. The Bertz CT molecular complexity index is 1160. The number of thiophene rings is 1. The highest BCUT2D eigenvalue weighted by molar-refractivity contribution is 7.18. The number of rotatable bonds is 4. The van der Waals surface area contributed by atoms with Gasteiger partial charge in [-0.1, -0.05) is 30.7 Å². The molecule has 0 fully saturated rings. The molecular formula is C18H13ClN4OS2. The third-order valence-electron chi connectivity index (χ3n) is 3.76. The van der Waals surface area contributed by atoms with Crippen LogP contribution in [0.15, 0.2) is 51.9 Å². The molecule has 0 aliphatic heterocycles. The first-order chi connectivity index (χ1) is 12.6. The van der Waals surface area contributed by atoms with Crippen LogP contribution in [0, 0.1) is 0 Å². The summed E-state index contributed by atoms with van der Waals surface area (Å²) in [6, 6.07) is 9.40. The Labute approximate surface area is 162 Å². The Morgan fingerprint density at radius 3 is 2.88 bits per heavy atom. The smallest absolute Gasteiger partial charge is 0.267 e. The highest BCUT2D eigenvalue weighted by Crippen LogP contribution is 2.24. The van der Waals surface area contributed by atoms with Crippen LogP contribution in [0.2, 0.25) is 5.02 Å². The second-order valence-electron chi connectivity index (χ2n) is 5.51. The zero-order valence-corrected chi connectivity index (χ0v) is 16.1. The first-order valence-electron chi connectivity index (χ1n) is 7.90. The molecule has 0 aliphatic rings. The number of nitrogens with zero attached hydrogens (tertiary/aromatic N) is 4. The summed E-state index contributed by atoms with van der Waals surface area (Å²) < 4.78 is 1.25. The Balaban J connectivity index is 1.62. The van der Waals surface area contributed by atoms with Crippen molar-refractivity contribution in [3.8, 4) is 10.6 Å². The number of hydrogen-bond acceptors (Lipinski definition) is 6. The van der Waals surface area contributed by atoms with E-state index >= 15 is 0 Å². The van der Waals surface area contributed by atoms with E-state index in [1.807, 2.05) is 35.7 Å². The number of halogens is 1. The van der Waals surface area contributed by atoms with E-state index in [2.05, 4.69) is 22.0 Å². The van der Waals surface area contributed by atoms with Crippen LogP contribution in [-0.4, -0.2) is 20.9 Å². The van der Waals surface area contributed by atoms with E-state index in [1.54, 1.807) is 17.6 Å². The Morgan fingerprint density at radius 2 is 2.12 bits per heavy atom. The van der Waals surface area contributed by atoms with E-state index in [4.69, 9.17) is 11.6 Å². The molecule has 0 bridgehead atoms. The Kier molecular flexibility index (Phi) is 4.67. The van der Waals surface area contributed by atoms with Gasteiger partial charge in [-0.05, 0) is 24.6 Å². The first-order valence-corrected chi connectivity index (χ1v) is 9.97. The zero-order chi connectivity index (χ0) is 18.1. The third-order valence-corrected chi connectivity index (χ3v) is 6.11. The average Bonchev–Trinajstić information content (AvgIpc) is 3.29. The van der Waals surface area contributed by atoms with Crippen LogP contribution in [-0.2, 0) is 6.42 Å². The molecule has 0 unspecified atom stereocenters. The number of thiazole rings is 1. The van der Waals surface area contributed by atoms with E-state index in [0.29, 0.717) is 16.1 Å². The summed E-state index contributed by atoms with van der Waals surface area (Å²) in [6.45, 7) is 2.06. The van der Waals surface area contributed by atoms with Crippen molar-refractivity contribution in [3.05, 3.63) is 68.0 Å². The van der Waals surface area contributed by atoms with Crippen LogP contribution < -0.4 is 5.56 Å². The van der Waals surface area contributed by atoms with Crippen LogP contribution in [0.4, 0.5) is 0 Å². The summed E-state index contributed by atoms with van der Waals surface area (Å²) in [5.41, 5.74) is 1.51. The molecular weight excluding hydrogens is 388 g/mol. The molecule has 0 spiro atoms. The van der Waals surface area contributed by atoms with Gasteiger partial charge in [0.15, 0.2) is 0 Å². The average molecular weight is 401 g/mol. The number of aromatic nitrogens is 3. The molecule has 26 heavy (non-hydrogen) atoms. The number of fused-ring (bicyclic) bond motifs is 1. The van der Waals surface area contributed by atoms with Gasteiger partial charge >= 0.3 is 0 Å². The van der Waals surface area contributed by atoms with Crippen LogP contribution in [0.25, 0.3) is 20.8 Å². The quantitative estimate of drug-likeness (QED) is 0.467. The summed E-state index contributed by atoms with van der Waals surface area (Å²) >= 11 is 8.96. The van der Waals surface area contributed by atoms with Crippen LogP contribution in [0.3, 0.4) is 0 Å². The molecule has 0 aliphatic carbocycles. The number of aryl methyl sites for hydroxylation is 1. The van der Waals surface area contributed by atoms with Crippen LogP contribution in [0.5, 0.6) is 0 Å². The standard InChI is InChI=1S/C18H13ClN4OS2/c1-2-14-7-15-17(26-14)20-10-23(18(15)24)21-8-13-9-25-16(22-13)11-3-5-12(19)6-4-11/h3-10H,2H2,1H3/b21-8-. The zero-order valence-electron chi connectivity index (χ0n) is 13.7. The second kappa shape index (κ2) is 7.11. The molecule has 0 radical (unpaired) electrons. The van der Waals surface area contributed by atoms with Gasteiger partial charge in [0, 0.05) is 20.8 Å². The first kappa shape index (κ1) is 17.1. The fourth-order valence-corrected chi connectivity index (χ4v) is 4.24. The number of hydrogen-bond donors (Lipinski definition) is 0. The van der Waals surface area contributed by atoms with Gasteiger partial charge < -0.3 is 0 Å². The Morgan fingerprint density at radius 1 is 1.31 bits per heavy atom. The molecule has 4 aromatic rings. The molecule has 130 valence electrons. The molecule has 1 aromatic carbocycles. The predicted octanol–water partition coefficient (Wildman–Crippen LogP) is 4.68. The van der Waals surface area contributed by atoms with Gasteiger partial charge in [-0.3, -0.25) is 4.79 Å². The largest absolute Gasteiger partial charge is 0.282 e. The van der Waals surface area contributed by atoms with E-state index < -0.39 is 0 Å². The molecule has 0 saturated heterocycles. The minimum atomic E-state index is -0.171. The summed E-state index contributed by atoms with van der Waals surface area (Å²) in [6.07, 6.45) is 3.90. The fraction of sp³-hybridized carbons (Fsp3) is 0.111. The van der Waals surface area contributed by atoms with Crippen molar-refractivity contribution in [3.63, 3.8) is 0 Å². The molecule has 5 nitrogen and oxygen atoms in total. The monoisotopic (exact) mass is 400 g/mol. The molecule has 0 amide bonds. The number of benzene rings is 1. The van der Waals surface area contributed by atoms with Gasteiger partial charge in [-0.25, -0.2) is 9.97 Å². The van der Waals surface area contributed by atoms with Gasteiger partial charge in [0.1, 0.15) is 16.2 Å². The van der Waals surface area contributed by atoms with Gasteiger partial charge in [0.2, 0.25) is 0 Å². The highest BCUT2D eigenvalue weighted by Gasteiger charge is 2.08. The lowest BCUT2D eigenvalue weighted by Gasteiger charge is -1.96. The molecule has 0 N–H and O–H groups in total. The minimum Gasteiger partial charge on any atom is -0.267 e. The lowest BCUT2D eigenvalue weighted by Crippen LogP contribution is -2.16. The van der Waals surface area contributed by atoms with Crippen molar-refractivity contribution in [1.29, 1.82) is 0 Å².